The molecule has 0 saturated heterocycles. The maximum atomic E-state index is 10.5. The van der Waals surface area contributed by atoms with Crippen LogP contribution >= 0.6 is 15.9 Å². The van der Waals surface area contributed by atoms with Gasteiger partial charge < -0.3 is 9.15 Å². The van der Waals surface area contributed by atoms with Crippen molar-refractivity contribution >= 4 is 21.9 Å². The molecule has 0 N–H and O–H groups in total. The van der Waals surface area contributed by atoms with Gasteiger partial charge in [-0.1, -0.05) is 15.9 Å². The molecule has 0 spiro atoms. The Morgan fingerprint density at radius 1 is 1.67 bits per heavy atom. The molecule has 12 heavy (non-hydrogen) atoms. The molecule has 0 bridgehead atoms. The van der Waals surface area contributed by atoms with E-state index < -0.39 is 0 Å². The first-order valence-corrected chi connectivity index (χ1v) is 4.67. The third-order valence-corrected chi connectivity index (χ3v) is 1.62. The minimum Gasteiger partial charge on any atom is -0.430 e. The van der Waals surface area contributed by atoms with Gasteiger partial charge in [-0.25, -0.2) is 0 Å². The number of aryl methyl sites for hydroxylation is 1. The van der Waals surface area contributed by atoms with Crippen LogP contribution in [0.5, 0.6) is 5.95 Å². The lowest BCUT2D eigenvalue weighted by atomic mass is 10.4. The fourth-order valence-corrected chi connectivity index (χ4v) is 1.17. The maximum absolute atomic E-state index is 10.5. The standard InChI is InChI=1S/C8H9BrO3/c1-6(10)11-8-3-2-7(12-8)4-5-9/h2-3H,4-5H2,1H3. The monoisotopic (exact) mass is 232 g/mol. The molecule has 0 saturated carbocycles. The molecule has 0 aliphatic carbocycles. The molecule has 1 aromatic heterocycles. The van der Waals surface area contributed by atoms with E-state index in [1.165, 1.54) is 6.92 Å². The summed E-state index contributed by atoms with van der Waals surface area (Å²) in [5.41, 5.74) is 0. The lowest BCUT2D eigenvalue weighted by molar-refractivity contribution is -0.133. The van der Waals surface area contributed by atoms with Gasteiger partial charge in [-0.2, -0.15) is 0 Å². The van der Waals surface area contributed by atoms with Gasteiger partial charge in [0.2, 0.25) is 0 Å². The summed E-state index contributed by atoms with van der Waals surface area (Å²) in [5.74, 6) is 0.705. The third-order valence-electron chi connectivity index (χ3n) is 1.22. The van der Waals surface area contributed by atoms with Crippen LogP contribution in [0.1, 0.15) is 12.7 Å². The number of esters is 1. The molecule has 0 aliphatic heterocycles. The first-order chi connectivity index (χ1) is 5.72. The van der Waals surface area contributed by atoms with Crippen LogP contribution in [0.3, 0.4) is 0 Å². The van der Waals surface area contributed by atoms with Crippen LogP contribution in [-0.4, -0.2) is 11.3 Å². The van der Waals surface area contributed by atoms with Crippen molar-refractivity contribution in [2.75, 3.05) is 5.33 Å². The predicted octanol–water partition coefficient (Wildman–Crippen LogP) is 2.14. The van der Waals surface area contributed by atoms with E-state index in [0.29, 0.717) is 0 Å². The van der Waals surface area contributed by atoms with Crippen molar-refractivity contribution in [3.63, 3.8) is 0 Å². The summed E-state index contributed by atoms with van der Waals surface area (Å²) < 4.78 is 9.88. The van der Waals surface area contributed by atoms with Gasteiger partial charge in [0.25, 0.3) is 5.95 Å². The van der Waals surface area contributed by atoms with Gasteiger partial charge in [0.1, 0.15) is 5.76 Å². The molecule has 0 amide bonds. The molecule has 1 heterocycles. The highest BCUT2D eigenvalue weighted by molar-refractivity contribution is 9.09. The van der Waals surface area contributed by atoms with E-state index in [4.69, 9.17) is 9.15 Å². The zero-order chi connectivity index (χ0) is 8.97. The molecule has 0 radical (unpaired) electrons. The topological polar surface area (TPSA) is 39.4 Å². The van der Waals surface area contributed by atoms with Crippen molar-refractivity contribution in [1.29, 1.82) is 0 Å². The Morgan fingerprint density at radius 2 is 2.42 bits per heavy atom. The number of hydrogen-bond acceptors (Lipinski definition) is 3. The second kappa shape index (κ2) is 4.30. The number of carbonyl (C=O) groups is 1. The average Bonchev–Trinajstić information content (AvgIpc) is 2.36. The molecule has 4 heteroatoms. The van der Waals surface area contributed by atoms with Gasteiger partial charge in [0.15, 0.2) is 0 Å². The molecule has 1 aromatic rings. The average molecular weight is 233 g/mol. The number of halogens is 1. The second-order valence-corrected chi connectivity index (χ2v) is 3.05. The SMILES string of the molecule is CC(=O)Oc1ccc(CCBr)o1. The van der Waals surface area contributed by atoms with E-state index in [0.717, 1.165) is 17.5 Å². The number of ether oxygens (including phenoxy) is 1. The summed E-state index contributed by atoms with van der Waals surface area (Å²) in [6, 6.07) is 3.43. The zero-order valence-electron chi connectivity index (χ0n) is 6.67. The Morgan fingerprint density at radius 3 is 3.00 bits per heavy atom. The summed E-state index contributed by atoms with van der Waals surface area (Å²) in [6.45, 7) is 1.34. The van der Waals surface area contributed by atoms with Gasteiger partial charge in [-0.05, 0) is 6.07 Å². The van der Waals surface area contributed by atoms with Crippen molar-refractivity contribution in [1.82, 2.24) is 0 Å². The number of furan rings is 1. The van der Waals surface area contributed by atoms with Gasteiger partial charge in [0, 0.05) is 24.7 Å². The van der Waals surface area contributed by atoms with Crippen molar-refractivity contribution in [2.45, 2.75) is 13.3 Å². The molecule has 0 fully saturated rings. The van der Waals surface area contributed by atoms with Crippen LogP contribution in [0.15, 0.2) is 16.5 Å². The van der Waals surface area contributed by atoms with E-state index in [1.54, 1.807) is 12.1 Å². The number of rotatable bonds is 3. The Kier molecular flexibility index (Phi) is 3.34. The normalized spacial score (nSPS) is 9.83. The minimum absolute atomic E-state index is 0.262. The van der Waals surface area contributed by atoms with Crippen LogP contribution in [0.4, 0.5) is 0 Å². The molecule has 0 aliphatic rings. The summed E-state index contributed by atoms with van der Waals surface area (Å²) in [5, 5.41) is 0.833. The highest BCUT2D eigenvalue weighted by Crippen LogP contribution is 2.16. The summed E-state index contributed by atoms with van der Waals surface area (Å²) in [4.78, 5) is 10.5. The summed E-state index contributed by atoms with van der Waals surface area (Å²) >= 11 is 3.28. The van der Waals surface area contributed by atoms with Gasteiger partial charge >= 0.3 is 5.97 Å². The van der Waals surface area contributed by atoms with Gasteiger partial charge in [-0.3, -0.25) is 4.79 Å². The Hall–Kier alpha value is -0.770. The molecule has 0 atom stereocenters. The smallest absolute Gasteiger partial charge is 0.310 e. The molecule has 3 nitrogen and oxygen atoms in total. The molecule has 0 unspecified atom stereocenters. The highest BCUT2D eigenvalue weighted by atomic mass is 79.9. The molecule has 1 rings (SSSR count). The van der Waals surface area contributed by atoms with Crippen molar-refractivity contribution in [3.8, 4) is 5.95 Å². The zero-order valence-corrected chi connectivity index (χ0v) is 8.26. The van der Waals surface area contributed by atoms with Crippen LogP contribution in [0, 0.1) is 0 Å². The van der Waals surface area contributed by atoms with Gasteiger partial charge in [-0.15, -0.1) is 0 Å². The highest BCUT2D eigenvalue weighted by Gasteiger charge is 2.03. The van der Waals surface area contributed by atoms with Crippen LogP contribution in [0.25, 0.3) is 0 Å². The van der Waals surface area contributed by atoms with Crippen LogP contribution in [0.2, 0.25) is 0 Å². The lowest BCUT2D eigenvalue weighted by Gasteiger charge is -1.93. The summed E-state index contributed by atoms with van der Waals surface area (Å²) in [6.07, 6.45) is 0.793. The number of hydrogen-bond donors (Lipinski definition) is 0. The lowest BCUT2D eigenvalue weighted by Crippen LogP contribution is -1.99. The predicted molar refractivity (Wildman–Crippen MR) is 47.5 cm³/mol. The van der Waals surface area contributed by atoms with Gasteiger partial charge in [0.05, 0.1) is 0 Å². The third kappa shape index (κ3) is 2.70. The molecular formula is C8H9BrO3. The Labute approximate surface area is 78.8 Å². The van der Waals surface area contributed by atoms with E-state index in [9.17, 15) is 4.79 Å². The van der Waals surface area contributed by atoms with E-state index in [1.807, 2.05) is 0 Å². The first kappa shape index (κ1) is 9.32. The fourth-order valence-electron chi connectivity index (χ4n) is 0.782. The van der Waals surface area contributed by atoms with Crippen LogP contribution < -0.4 is 4.74 Å². The number of alkyl halides is 1. The van der Waals surface area contributed by atoms with E-state index in [-0.39, 0.29) is 11.9 Å². The van der Waals surface area contributed by atoms with Crippen molar-refractivity contribution < 1.29 is 13.9 Å². The molecule has 66 valence electrons. The summed E-state index contributed by atoms with van der Waals surface area (Å²) in [7, 11) is 0. The second-order valence-electron chi connectivity index (χ2n) is 2.25. The quantitative estimate of drug-likeness (QED) is 0.593. The first-order valence-electron chi connectivity index (χ1n) is 3.55. The molecule has 0 aromatic carbocycles. The molecular weight excluding hydrogens is 224 g/mol. The van der Waals surface area contributed by atoms with Crippen molar-refractivity contribution in [2.24, 2.45) is 0 Å². The largest absolute Gasteiger partial charge is 0.430 e. The Bertz CT molecular complexity index is 267. The fraction of sp³-hybridized carbons (Fsp3) is 0.375. The van der Waals surface area contributed by atoms with Crippen molar-refractivity contribution in [3.05, 3.63) is 17.9 Å². The maximum Gasteiger partial charge on any atom is 0.310 e. The van der Waals surface area contributed by atoms with E-state index >= 15 is 0 Å². The van der Waals surface area contributed by atoms with E-state index in [2.05, 4.69) is 15.9 Å². The minimum atomic E-state index is -0.366. The van der Waals surface area contributed by atoms with Crippen LogP contribution in [-0.2, 0) is 11.2 Å². The Balaban J connectivity index is 2.58. The number of carbonyl (C=O) groups excluding carboxylic acids is 1.